The Kier molecular flexibility index (Phi) is 7.56. The third-order valence-electron chi connectivity index (χ3n) is 4.18. The maximum atomic E-state index is 10.2. The van der Waals surface area contributed by atoms with E-state index < -0.39 is 0 Å². The van der Waals surface area contributed by atoms with Crippen molar-refractivity contribution in [2.24, 2.45) is 4.99 Å². The van der Waals surface area contributed by atoms with E-state index in [-0.39, 0.29) is 5.75 Å². The van der Waals surface area contributed by atoms with Gasteiger partial charge in [-0.2, -0.15) is 11.8 Å². The molecule has 0 spiro atoms. The third-order valence-corrected chi connectivity index (χ3v) is 5.41. The number of thioether (sulfide) groups is 1. The van der Waals surface area contributed by atoms with Crippen LogP contribution in [0.4, 0.5) is 0 Å². The zero-order valence-electron chi connectivity index (χ0n) is 14.8. The van der Waals surface area contributed by atoms with Gasteiger partial charge in [0, 0.05) is 23.4 Å². The summed E-state index contributed by atoms with van der Waals surface area (Å²) < 4.78 is 5.15. The van der Waals surface area contributed by atoms with E-state index in [0.717, 1.165) is 23.3 Å². The molecule has 1 aromatic rings. The summed E-state index contributed by atoms with van der Waals surface area (Å²) in [7, 11) is 1.55. The van der Waals surface area contributed by atoms with Gasteiger partial charge in [-0.05, 0) is 38.0 Å². The van der Waals surface area contributed by atoms with Gasteiger partial charge in [0.25, 0.3) is 0 Å². The predicted molar refractivity (Wildman–Crippen MR) is 102 cm³/mol. The molecule has 0 bridgehead atoms. The second-order valence-corrected chi connectivity index (χ2v) is 7.47. The van der Waals surface area contributed by atoms with Crippen molar-refractivity contribution in [2.75, 3.05) is 19.4 Å². The molecule has 0 aliphatic heterocycles. The SMILES string of the molecule is CCNC(=NCc1cccc(OC)c1O)NC1CCC(SCC)C1. The molecule has 2 atom stereocenters. The monoisotopic (exact) mass is 351 g/mol. The Morgan fingerprint density at radius 2 is 2.21 bits per heavy atom. The van der Waals surface area contributed by atoms with Crippen molar-refractivity contribution in [3.05, 3.63) is 23.8 Å². The van der Waals surface area contributed by atoms with Crippen molar-refractivity contribution in [3.8, 4) is 11.5 Å². The zero-order valence-corrected chi connectivity index (χ0v) is 15.7. The van der Waals surface area contributed by atoms with Gasteiger partial charge in [0.05, 0.1) is 13.7 Å². The number of nitrogens with one attached hydrogen (secondary N) is 2. The minimum absolute atomic E-state index is 0.167. The molecule has 24 heavy (non-hydrogen) atoms. The molecule has 1 aliphatic carbocycles. The van der Waals surface area contributed by atoms with Crippen LogP contribution in [0.1, 0.15) is 38.7 Å². The van der Waals surface area contributed by atoms with Gasteiger partial charge in [-0.3, -0.25) is 0 Å². The van der Waals surface area contributed by atoms with Gasteiger partial charge >= 0.3 is 0 Å². The van der Waals surface area contributed by atoms with E-state index >= 15 is 0 Å². The first-order valence-electron chi connectivity index (χ1n) is 8.69. The Morgan fingerprint density at radius 1 is 1.38 bits per heavy atom. The molecule has 1 saturated carbocycles. The highest BCUT2D eigenvalue weighted by Gasteiger charge is 2.25. The number of guanidine groups is 1. The number of hydrogen-bond acceptors (Lipinski definition) is 4. The Bertz CT molecular complexity index is 551. The van der Waals surface area contributed by atoms with Crippen molar-refractivity contribution in [2.45, 2.75) is 50.9 Å². The van der Waals surface area contributed by atoms with Crippen molar-refractivity contribution in [1.29, 1.82) is 0 Å². The average molecular weight is 352 g/mol. The largest absolute Gasteiger partial charge is 0.504 e. The van der Waals surface area contributed by atoms with Gasteiger partial charge in [0.1, 0.15) is 0 Å². The lowest BCUT2D eigenvalue weighted by atomic mass is 10.2. The molecular weight excluding hydrogens is 322 g/mol. The number of aliphatic imine (C=N–C) groups is 1. The topological polar surface area (TPSA) is 65.9 Å². The quantitative estimate of drug-likeness (QED) is 0.520. The molecule has 0 amide bonds. The molecule has 0 radical (unpaired) electrons. The van der Waals surface area contributed by atoms with Gasteiger partial charge in [-0.15, -0.1) is 0 Å². The lowest BCUT2D eigenvalue weighted by Gasteiger charge is -2.17. The van der Waals surface area contributed by atoms with Crippen LogP contribution >= 0.6 is 11.8 Å². The molecule has 5 nitrogen and oxygen atoms in total. The van der Waals surface area contributed by atoms with Crippen LogP contribution in [-0.4, -0.2) is 41.8 Å². The van der Waals surface area contributed by atoms with Crippen LogP contribution in [0.3, 0.4) is 0 Å². The van der Waals surface area contributed by atoms with E-state index in [4.69, 9.17) is 4.74 Å². The normalized spacial score (nSPS) is 20.9. The number of para-hydroxylation sites is 1. The molecule has 2 rings (SSSR count). The minimum atomic E-state index is 0.167. The number of ether oxygens (including phenoxy) is 1. The van der Waals surface area contributed by atoms with Gasteiger partial charge < -0.3 is 20.5 Å². The summed E-state index contributed by atoms with van der Waals surface area (Å²) in [5.74, 6) is 2.64. The second kappa shape index (κ2) is 9.67. The standard InChI is InChI=1S/C18H29N3O2S/c1-4-19-18(21-14-9-10-15(11-14)24-5-2)20-12-13-7-6-8-16(23-3)17(13)22/h6-8,14-15,22H,4-5,9-12H2,1-3H3,(H2,19,20,21). The first kappa shape index (κ1) is 18.8. The van der Waals surface area contributed by atoms with E-state index in [1.807, 2.05) is 12.1 Å². The van der Waals surface area contributed by atoms with Crippen LogP contribution < -0.4 is 15.4 Å². The molecule has 6 heteroatoms. The maximum absolute atomic E-state index is 10.2. The number of methoxy groups -OCH3 is 1. The van der Waals surface area contributed by atoms with E-state index in [1.165, 1.54) is 25.0 Å². The molecule has 3 N–H and O–H groups in total. The summed E-state index contributed by atoms with van der Waals surface area (Å²) in [6.45, 7) is 5.51. The highest BCUT2D eigenvalue weighted by atomic mass is 32.2. The summed E-state index contributed by atoms with van der Waals surface area (Å²) >= 11 is 2.05. The molecule has 0 heterocycles. The van der Waals surface area contributed by atoms with Crippen LogP contribution in [0, 0.1) is 0 Å². The van der Waals surface area contributed by atoms with E-state index in [0.29, 0.717) is 18.3 Å². The van der Waals surface area contributed by atoms with Crippen molar-refractivity contribution < 1.29 is 9.84 Å². The van der Waals surface area contributed by atoms with Crippen LogP contribution in [0.2, 0.25) is 0 Å². The Labute approximate surface area is 149 Å². The lowest BCUT2D eigenvalue weighted by Crippen LogP contribution is -2.42. The van der Waals surface area contributed by atoms with E-state index in [2.05, 4.69) is 41.2 Å². The Morgan fingerprint density at radius 3 is 2.92 bits per heavy atom. The average Bonchev–Trinajstić information content (AvgIpc) is 3.01. The molecular formula is C18H29N3O2S. The van der Waals surface area contributed by atoms with Crippen molar-refractivity contribution in [3.63, 3.8) is 0 Å². The van der Waals surface area contributed by atoms with E-state index in [9.17, 15) is 5.11 Å². The van der Waals surface area contributed by atoms with E-state index in [1.54, 1.807) is 13.2 Å². The maximum Gasteiger partial charge on any atom is 0.191 e. The lowest BCUT2D eigenvalue weighted by molar-refractivity contribution is 0.370. The fraction of sp³-hybridized carbons (Fsp3) is 0.611. The number of aromatic hydroxyl groups is 1. The summed E-state index contributed by atoms with van der Waals surface area (Å²) in [6, 6.07) is 5.96. The highest BCUT2D eigenvalue weighted by molar-refractivity contribution is 7.99. The summed E-state index contributed by atoms with van der Waals surface area (Å²) in [6.07, 6.45) is 3.64. The molecule has 1 aromatic carbocycles. The van der Waals surface area contributed by atoms with Crippen LogP contribution in [0.5, 0.6) is 11.5 Å². The number of nitrogens with zero attached hydrogens (tertiary/aromatic N) is 1. The first-order chi connectivity index (χ1) is 11.7. The fourth-order valence-electron chi connectivity index (χ4n) is 3.00. The van der Waals surface area contributed by atoms with Crippen LogP contribution in [0.25, 0.3) is 0 Å². The number of phenols is 1. The number of phenolic OH excluding ortho intramolecular Hbond substituents is 1. The van der Waals surface area contributed by atoms with Gasteiger partial charge in [-0.25, -0.2) is 4.99 Å². The summed E-state index contributed by atoms with van der Waals surface area (Å²) in [5, 5.41) is 17.8. The predicted octanol–water partition coefficient (Wildman–Crippen LogP) is 3.13. The van der Waals surface area contributed by atoms with Crippen LogP contribution in [0.15, 0.2) is 23.2 Å². The van der Waals surface area contributed by atoms with Gasteiger partial charge in [0.15, 0.2) is 17.5 Å². The van der Waals surface area contributed by atoms with Crippen molar-refractivity contribution in [1.82, 2.24) is 10.6 Å². The van der Waals surface area contributed by atoms with Crippen LogP contribution in [-0.2, 0) is 6.54 Å². The van der Waals surface area contributed by atoms with Crippen molar-refractivity contribution >= 4 is 17.7 Å². The molecule has 0 saturated heterocycles. The summed E-state index contributed by atoms with van der Waals surface area (Å²) in [4.78, 5) is 4.63. The van der Waals surface area contributed by atoms with Gasteiger partial charge in [-0.1, -0.05) is 19.1 Å². The molecule has 1 fully saturated rings. The fourth-order valence-corrected chi connectivity index (χ4v) is 4.14. The Balaban J connectivity index is 1.98. The first-order valence-corrected chi connectivity index (χ1v) is 9.74. The molecule has 1 aliphatic rings. The number of benzene rings is 1. The molecule has 0 aromatic heterocycles. The second-order valence-electron chi connectivity index (χ2n) is 5.89. The highest BCUT2D eigenvalue weighted by Crippen LogP contribution is 2.30. The third kappa shape index (κ3) is 5.23. The summed E-state index contributed by atoms with van der Waals surface area (Å²) in [5.41, 5.74) is 0.761. The zero-order chi connectivity index (χ0) is 17.4. The Hall–Kier alpha value is -1.56. The number of hydrogen-bond donors (Lipinski definition) is 3. The molecule has 2 unspecified atom stereocenters. The van der Waals surface area contributed by atoms with Gasteiger partial charge in [0.2, 0.25) is 0 Å². The smallest absolute Gasteiger partial charge is 0.191 e. The number of rotatable bonds is 7. The molecule has 134 valence electrons. The minimum Gasteiger partial charge on any atom is -0.504 e.